The van der Waals surface area contributed by atoms with Gasteiger partial charge in [-0.25, -0.2) is 9.18 Å². The Balaban J connectivity index is 2.21. The number of hydrogen-bond acceptors (Lipinski definition) is 3. The van der Waals surface area contributed by atoms with Gasteiger partial charge in [-0.15, -0.1) is 0 Å². The molecule has 0 aliphatic carbocycles. The Morgan fingerprint density at radius 1 is 1.69 bits per heavy atom. The molecule has 5 heteroatoms. The first kappa shape index (κ1) is 7.97. The molecule has 1 amide bonds. The lowest BCUT2D eigenvalue weighted by molar-refractivity contribution is 0.177. The maximum Gasteiger partial charge on any atom is 0.407 e. The highest BCUT2D eigenvalue weighted by molar-refractivity contribution is 5.69. The van der Waals surface area contributed by atoms with Crippen LogP contribution < -0.4 is 5.32 Å². The zero-order valence-electron chi connectivity index (χ0n) is 6.66. The van der Waals surface area contributed by atoms with Crippen LogP contribution in [0.15, 0.2) is 18.3 Å². The van der Waals surface area contributed by atoms with Crippen molar-refractivity contribution in [3.63, 3.8) is 0 Å². The number of cyclic esters (lactones) is 1. The van der Waals surface area contributed by atoms with Crippen LogP contribution in [-0.4, -0.2) is 17.7 Å². The Kier molecular flexibility index (Phi) is 1.84. The molecule has 0 aromatic carbocycles. The van der Waals surface area contributed by atoms with Gasteiger partial charge in [-0.05, 0) is 12.1 Å². The van der Waals surface area contributed by atoms with Crippen LogP contribution in [0.2, 0.25) is 0 Å². The number of alkyl carbamates (subject to hydrolysis) is 1. The van der Waals surface area contributed by atoms with Gasteiger partial charge in [-0.1, -0.05) is 0 Å². The quantitative estimate of drug-likeness (QED) is 0.704. The second-order valence-electron chi connectivity index (χ2n) is 2.69. The Morgan fingerprint density at radius 3 is 3.15 bits per heavy atom. The predicted octanol–water partition coefficient (Wildman–Crippen LogP) is 1.00. The van der Waals surface area contributed by atoms with Crippen LogP contribution in [0.5, 0.6) is 0 Å². The third kappa shape index (κ3) is 1.58. The highest BCUT2D eigenvalue weighted by Crippen LogP contribution is 2.15. The van der Waals surface area contributed by atoms with Crippen LogP contribution in [0.4, 0.5) is 9.18 Å². The highest BCUT2D eigenvalue weighted by atomic mass is 19.1. The fourth-order valence-corrected chi connectivity index (χ4v) is 1.16. The summed E-state index contributed by atoms with van der Waals surface area (Å²) in [6.07, 6.45) is 0.867. The molecule has 1 aliphatic heterocycles. The molecule has 0 saturated carbocycles. The number of carbonyl (C=O) groups is 1. The Hall–Kier alpha value is -1.65. The van der Waals surface area contributed by atoms with Crippen molar-refractivity contribution >= 4 is 6.09 Å². The van der Waals surface area contributed by atoms with E-state index in [9.17, 15) is 9.18 Å². The van der Waals surface area contributed by atoms with Crippen molar-refractivity contribution in [1.82, 2.24) is 10.3 Å². The fraction of sp³-hybridized carbons (Fsp3) is 0.250. The molecule has 0 bridgehead atoms. The molecule has 2 rings (SSSR count). The number of pyridine rings is 1. The molecule has 0 radical (unpaired) electrons. The first-order chi connectivity index (χ1) is 6.25. The summed E-state index contributed by atoms with van der Waals surface area (Å²) in [5.41, 5.74) is 0.478. The number of halogens is 1. The molecule has 2 heterocycles. The second kappa shape index (κ2) is 3.01. The summed E-state index contributed by atoms with van der Waals surface area (Å²) in [5, 5.41) is 2.51. The fourth-order valence-electron chi connectivity index (χ4n) is 1.16. The van der Waals surface area contributed by atoms with Crippen molar-refractivity contribution in [2.45, 2.75) is 6.04 Å². The lowest BCUT2D eigenvalue weighted by Crippen LogP contribution is -2.19. The molecule has 1 unspecified atom stereocenters. The number of rotatable bonds is 1. The monoisotopic (exact) mass is 182 g/mol. The summed E-state index contributed by atoms with van der Waals surface area (Å²) in [4.78, 5) is 14.6. The van der Waals surface area contributed by atoms with Crippen LogP contribution in [0.25, 0.3) is 0 Å². The molecule has 1 N–H and O–H groups in total. The highest BCUT2D eigenvalue weighted by Gasteiger charge is 2.24. The average molecular weight is 182 g/mol. The summed E-state index contributed by atoms with van der Waals surface area (Å²) in [6, 6.07) is 2.20. The van der Waals surface area contributed by atoms with Crippen LogP contribution in [0, 0.1) is 5.82 Å². The summed E-state index contributed by atoms with van der Waals surface area (Å²) in [6.45, 7) is 0.204. The number of nitrogens with one attached hydrogen (secondary N) is 1. The first-order valence-electron chi connectivity index (χ1n) is 3.80. The lowest BCUT2D eigenvalue weighted by atomic mass is 10.2. The van der Waals surface area contributed by atoms with Crippen molar-refractivity contribution in [3.8, 4) is 0 Å². The van der Waals surface area contributed by atoms with E-state index in [0.29, 0.717) is 5.69 Å². The molecule has 1 aromatic heterocycles. The number of carbonyl (C=O) groups excluding carboxylic acids is 1. The van der Waals surface area contributed by atoms with Crippen molar-refractivity contribution < 1.29 is 13.9 Å². The van der Waals surface area contributed by atoms with Gasteiger partial charge in [0.2, 0.25) is 0 Å². The smallest absolute Gasteiger partial charge is 0.407 e. The summed E-state index contributed by atoms with van der Waals surface area (Å²) >= 11 is 0. The topological polar surface area (TPSA) is 51.2 Å². The van der Waals surface area contributed by atoms with Gasteiger partial charge in [0, 0.05) is 6.20 Å². The number of nitrogens with zero attached hydrogens (tertiary/aromatic N) is 1. The molecule has 0 spiro atoms. The molecule has 1 aromatic rings. The normalized spacial score (nSPS) is 21.0. The van der Waals surface area contributed by atoms with Gasteiger partial charge in [0.05, 0.1) is 5.69 Å². The van der Waals surface area contributed by atoms with E-state index in [0.717, 1.165) is 0 Å². The minimum absolute atomic E-state index is 0.204. The summed E-state index contributed by atoms with van der Waals surface area (Å²) in [7, 11) is 0. The number of aromatic nitrogens is 1. The standard InChI is InChI=1S/C8H7FN2O2/c9-5-1-2-10-6(3-5)7-4-13-8(12)11-7/h1-3,7H,4H2,(H,11,12). The molecular formula is C8H7FN2O2. The lowest BCUT2D eigenvalue weighted by Gasteiger charge is -2.05. The van der Waals surface area contributed by atoms with E-state index in [1.165, 1.54) is 18.3 Å². The molecule has 13 heavy (non-hydrogen) atoms. The zero-order chi connectivity index (χ0) is 9.26. The Morgan fingerprint density at radius 2 is 2.54 bits per heavy atom. The van der Waals surface area contributed by atoms with Gasteiger partial charge in [0.15, 0.2) is 0 Å². The van der Waals surface area contributed by atoms with E-state index in [2.05, 4.69) is 15.0 Å². The van der Waals surface area contributed by atoms with Crippen molar-refractivity contribution in [2.24, 2.45) is 0 Å². The van der Waals surface area contributed by atoms with Gasteiger partial charge in [0.25, 0.3) is 0 Å². The number of ether oxygens (including phenoxy) is 1. The zero-order valence-corrected chi connectivity index (χ0v) is 6.66. The number of amides is 1. The van der Waals surface area contributed by atoms with Gasteiger partial charge in [-0.3, -0.25) is 4.98 Å². The minimum Gasteiger partial charge on any atom is -0.447 e. The van der Waals surface area contributed by atoms with Gasteiger partial charge >= 0.3 is 6.09 Å². The predicted molar refractivity (Wildman–Crippen MR) is 41.4 cm³/mol. The van der Waals surface area contributed by atoms with E-state index < -0.39 is 6.09 Å². The third-order valence-electron chi connectivity index (χ3n) is 1.77. The summed E-state index contributed by atoms with van der Waals surface area (Å²) in [5.74, 6) is -0.369. The maximum absolute atomic E-state index is 12.7. The third-order valence-corrected chi connectivity index (χ3v) is 1.77. The largest absolute Gasteiger partial charge is 0.447 e. The van der Waals surface area contributed by atoms with Crippen LogP contribution in [0.1, 0.15) is 11.7 Å². The van der Waals surface area contributed by atoms with Crippen LogP contribution >= 0.6 is 0 Å². The first-order valence-corrected chi connectivity index (χ1v) is 3.80. The number of hydrogen-bond donors (Lipinski definition) is 1. The second-order valence-corrected chi connectivity index (χ2v) is 2.69. The van der Waals surface area contributed by atoms with Gasteiger partial charge in [0.1, 0.15) is 18.5 Å². The van der Waals surface area contributed by atoms with Gasteiger partial charge in [-0.2, -0.15) is 0 Å². The summed E-state index contributed by atoms with van der Waals surface area (Å²) < 4.78 is 17.4. The van der Waals surface area contributed by atoms with Gasteiger partial charge < -0.3 is 10.1 Å². The molecule has 1 fully saturated rings. The van der Waals surface area contributed by atoms with Crippen molar-refractivity contribution in [2.75, 3.05) is 6.61 Å². The van der Waals surface area contributed by atoms with Crippen molar-refractivity contribution in [3.05, 3.63) is 29.8 Å². The van der Waals surface area contributed by atoms with E-state index in [4.69, 9.17) is 0 Å². The Labute approximate surface area is 73.7 Å². The Bertz CT molecular complexity index is 343. The minimum atomic E-state index is -0.490. The SMILES string of the molecule is O=C1NC(c2cc(F)ccn2)CO1. The molecule has 1 saturated heterocycles. The molecule has 4 nitrogen and oxygen atoms in total. The average Bonchev–Trinajstić information content (AvgIpc) is 2.52. The van der Waals surface area contributed by atoms with E-state index in [1.807, 2.05) is 0 Å². The van der Waals surface area contributed by atoms with Crippen LogP contribution in [0.3, 0.4) is 0 Å². The molecular weight excluding hydrogens is 175 g/mol. The molecule has 1 aliphatic rings. The van der Waals surface area contributed by atoms with E-state index in [-0.39, 0.29) is 18.5 Å². The van der Waals surface area contributed by atoms with E-state index in [1.54, 1.807) is 0 Å². The molecule has 1 atom stereocenters. The maximum atomic E-state index is 12.7. The molecule has 68 valence electrons. The van der Waals surface area contributed by atoms with Crippen LogP contribution in [-0.2, 0) is 4.74 Å². The van der Waals surface area contributed by atoms with E-state index >= 15 is 0 Å². The van der Waals surface area contributed by atoms with Crippen molar-refractivity contribution in [1.29, 1.82) is 0 Å².